The molecule has 0 saturated carbocycles. The molecule has 4 nitrogen and oxygen atoms in total. The van der Waals surface area contributed by atoms with Gasteiger partial charge in [-0.15, -0.1) is 0 Å². The summed E-state index contributed by atoms with van der Waals surface area (Å²) in [6.45, 7) is 4.77. The summed E-state index contributed by atoms with van der Waals surface area (Å²) in [5, 5.41) is 5.15. The van der Waals surface area contributed by atoms with Crippen LogP contribution >= 0.6 is 11.6 Å². The van der Waals surface area contributed by atoms with Crippen molar-refractivity contribution in [3.8, 4) is 17.6 Å². The molecule has 0 bridgehead atoms. The summed E-state index contributed by atoms with van der Waals surface area (Å²) in [5.41, 5.74) is 9.08. The Morgan fingerprint density at radius 1 is 1.38 bits per heavy atom. The van der Waals surface area contributed by atoms with Gasteiger partial charge in [-0.3, -0.25) is 4.68 Å². The maximum Gasteiger partial charge on any atom is 0.124 e. The van der Waals surface area contributed by atoms with Crippen molar-refractivity contribution in [2.45, 2.75) is 20.4 Å². The van der Waals surface area contributed by atoms with E-state index in [0.717, 1.165) is 28.3 Å². The van der Waals surface area contributed by atoms with Crippen molar-refractivity contribution in [2.24, 2.45) is 5.73 Å². The van der Waals surface area contributed by atoms with E-state index in [4.69, 9.17) is 22.1 Å². The van der Waals surface area contributed by atoms with Crippen molar-refractivity contribution in [1.29, 1.82) is 0 Å². The number of hydrogen-bond donors (Lipinski definition) is 1. The third kappa shape index (κ3) is 3.38. The first-order valence-corrected chi connectivity index (χ1v) is 7.00. The van der Waals surface area contributed by atoms with Gasteiger partial charge in [0.15, 0.2) is 0 Å². The zero-order chi connectivity index (χ0) is 15.4. The molecule has 1 heterocycles. The normalized spacial score (nSPS) is 10.1. The number of halogens is 1. The number of ether oxygens (including phenoxy) is 1. The third-order valence-electron chi connectivity index (χ3n) is 3.23. The highest BCUT2D eigenvalue weighted by atomic mass is 35.5. The average molecular weight is 304 g/mol. The van der Waals surface area contributed by atoms with Crippen LogP contribution in [0.15, 0.2) is 18.2 Å². The second kappa shape index (κ2) is 6.66. The molecule has 5 heteroatoms. The lowest BCUT2D eigenvalue weighted by molar-refractivity contribution is 0.407. The Labute approximate surface area is 129 Å². The monoisotopic (exact) mass is 303 g/mol. The van der Waals surface area contributed by atoms with Gasteiger partial charge < -0.3 is 10.5 Å². The fraction of sp³-hybridized carbons (Fsp3) is 0.312. The van der Waals surface area contributed by atoms with Gasteiger partial charge in [-0.1, -0.05) is 23.4 Å². The highest BCUT2D eigenvalue weighted by Crippen LogP contribution is 2.24. The van der Waals surface area contributed by atoms with E-state index in [1.165, 1.54) is 0 Å². The van der Waals surface area contributed by atoms with Crippen LogP contribution < -0.4 is 10.5 Å². The van der Waals surface area contributed by atoms with Gasteiger partial charge in [-0.05, 0) is 32.0 Å². The number of aryl methyl sites for hydroxylation is 1. The molecule has 1 aromatic carbocycles. The summed E-state index contributed by atoms with van der Waals surface area (Å²) in [4.78, 5) is 0. The van der Waals surface area contributed by atoms with Crippen molar-refractivity contribution in [1.82, 2.24) is 9.78 Å². The first-order chi connectivity index (χ1) is 10.1. The van der Waals surface area contributed by atoms with Crippen LogP contribution in [0.3, 0.4) is 0 Å². The van der Waals surface area contributed by atoms with Crippen LogP contribution in [0.25, 0.3) is 0 Å². The van der Waals surface area contributed by atoms with E-state index >= 15 is 0 Å². The van der Waals surface area contributed by atoms with Crippen molar-refractivity contribution in [2.75, 3.05) is 13.7 Å². The molecule has 0 spiro atoms. The molecule has 0 radical (unpaired) electrons. The van der Waals surface area contributed by atoms with E-state index in [0.29, 0.717) is 18.1 Å². The smallest absolute Gasteiger partial charge is 0.124 e. The zero-order valence-electron chi connectivity index (χ0n) is 12.4. The highest BCUT2D eigenvalue weighted by molar-refractivity contribution is 6.31. The number of methoxy groups -OCH3 is 1. The second-order valence-electron chi connectivity index (χ2n) is 4.67. The lowest BCUT2D eigenvalue weighted by Gasteiger charge is -2.10. The molecule has 110 valence electrons. The molecular weight excluding hydrogens is 286 g/mol. The van der Waals surface area contributed by atoms with Gasteiger partial charge in [0.2, 0.25) is 0 Å². The van der Waals surface area contributed by atoms with Crippen molar-refractivity contribution in [3.05, 3.63) is 45.7 Å². The van der Waals surface area contributed by atoms with Crippen LogP contribution in [0.5, 0.6) is 5.75 Å². The summed E-state index contributed by atoms with van der Waals surface area (Å²) < 4.78 is 7.28. The first kappa shape index (κ1) is 15.4. The number of rotatable bonds is 3. The van der Waals surface area contributed by atoms with Crippen molar-refractivity contribution in [3.63, 3.8) is 0 Å². The molecule has 2 rings (SSSR count). The van der Waals surface area contributed by atoms with E-state index < -0.39 is 0 Å². The average Bonchev–Trinajstić information content (AvgIpc) is 2.72. The molecule has 0 amide bonds. The Balaban J connectivity index is 2.39. The van der Waals surface area contributed by atoms with Crippen LogP contribution in [0.4, 0.5) is 0 Å². The molecule has 0 atom stereocenters. The van der Waals surface area contributed by atoms with Crippen molar-refractivity contribution >= 4 is 11.6 Å². The Morgan fingerprint density at radius 2 is 2.14 bits per heavy atom. The van der Waals surface area contributed by atoms with E-state index in [1.807, 2.05) is 36.7 Å². The van der Waals surface area contributed by atoms with Gasteiger partial charge in [-0.25, -0.2) is 0 Å². The second-order valence-corrected chi connectivity index (χ2v) is 5.05. The largest absolute Gasteiger partial charge is 0.496 e. The molecule has 1 aromatic heterocycles. The Bertz CT molecular complexity index is 710. The molecule has 0 fully saturated rings. The summed E-state index contributed by atoms with van der Waals surface area (Å²) in [6, 6.07) is 5.81. The van der Waals surface area contributed by atoms with Gasteiger partial charge >= 0.3 is 0 Å². The van der Waals surface area contributed by atoms with E-state index in [9.17, 15) is 0 Å². The van der Waals surface area contributed by atoms with Gasteiger partial charge in [0.1, 0.15) is 5.75 Å². The quantitative estimate of drug-likeness (QED) is 0.887. The van der Waals surface area contributed by atoms with Gasteiger partial charge in [0.25, 0.3) is 0 Å². The molecule has 2 N–H and O–H groups in total. The standard InChI is InChI=1S/C16H18ClN3O/c1-11-16(17)12(2)20(19-11)10-14-9-13(5-4-8-18)6-7-15(14)21-3/h6-7,9H,8,10,18H2,1-3H3. The van der Waals surface area contributed by atoms with Gasteiger partial charge in [0, 0.05) is 11.1 Å². The Hall–Kier alpha value is -1.96. The van der Waals surface area contributed by atoms with Crippen LogP contribution in [-0.4, -0.2) is 23.4 Å². The Morgan fingerprint density at radius 3 is 2.71 bits per heavy atom. The lowest BCUT2D eigenvalue weighted by Crippen LogP contribution is -2.06. The fourth-order valence-corrected chi connectivity index (χ4v) is 2.26. The van der Waals surface area contributed by atoms with Crippen LogP contribution in [0, 0.1) is 25.7 Å². The molecular formula is C16H18ClN3O. The molecule has 0 aliphatic rings. The highest BCUT2D eigenvalue weighted by Gasteiger charge is 2.12. The van der Waals surface area contributed by atoms with Crippen LogP contribution in [-0.2, 0) is 6.54 Å². The summed E-state index contributed by atoms with van der Waals surface area (Å²) in [5.74, 6) is 6.68. The number of aromatic nitrogens is 2. The number of hydrogen-bond acceptors (Lipinski definition) is 3. The number of benzene rings is 1. The molecule has 0 aliphatic heterocycles. The minimum atomic E-state index is 0.342. The molecule has 0 saturated heterocycles. The predicted molar refractivity (Wildman–Crippen MR) is 84.7 cm³/mol. The van der Waals surface area contributed by atoms with Crippen LogP contribution in [0.2, 0.25) is 5.02 Å². The van der Waals surface area contributed by atoms with E-state index in [-0.39, 0.29) is 0 Å². The summed E-state index contributed by atoms with van der Waals surface area (Å²) in [6.07, 6.45) is 0. The van der Waals surface area contributed by atoms with Crippen LogP contribution in [0.1, 0.15) is 22.5 Å². The Kier molecular flexibility index (Phi) is 4.89. The molecule has 2 aromatic rings. The number of nitrogens with zero attached hydrogens (tertiary/aromatic N) is 2. The molecule has 0 aliphatic carbocycles. The maximum absolute atomic E-state index is 6.19. The minimum Gasteiger partial charge on any atom is -0.496 e. The van der Waals surface area contributed by atoms with E-state index in [2.05, 4.69) is 16.9 Å². The molecule has 21 heavy (non-hydrogen) atoms. The maximum atomic E-state index is 6.19. The lowest BCUT2D eigenvalue weighted by atomic mass is 10.1. The minimum absolute atomic E-state index is 0.342. The van der Waals surface area contributed by atoms with Crippen molar-refractivity contribution < 1.29 is 4.74 Å². The topological polar surface area (TPSA) is 53.1 Å². The van der Waals surface area contributed by atoms with Gasteiger partial charge in [-0.2, -0.15) is 5.10 Å². The van der Waals surface area contributed by atoms with Gasteiger partial charge in [0.05, 0.1) is 36.6 Å². The first-order valence-electron chi connectivity index (χ1n) is 6.62. The molecule has 0 unspecified atom stereocenters. The SMILES string of the molecule is COc1ccc(C#CCN)cc1Cn1nc(C)c(Cl)c1C. The third-order valence-corrected chi connectivity index (χ3v) is 3.78. The predicted octanol–water partition coefficient (Wildman–Crippen LogP) is 2.52. The summed E-state index contributed by atoms with van der Waals surface area (Å²) in [7, 11) is 1.65. The summed E-state index contributed by atoms with van der Waals surface area (Å²) >= 11 is 6.19. The fourth-order valence-electron chi connectivity index (χ4n) is 2.12. The number of nitrogens with two attached hydrogens (primary N) is 1. The zero-order valence-corrected chi connectivity index (χ0v) is 13.2. The van der Waals surface area contributed by atoms with E-state index in [1.54, 1.807) is 7.11 Å².